The van der Waals surface area contributed by atoms with E-state index in [9.17, 15) is 14.9 Å². The quantitative estimate of drug-likeness (QED) is 0.683. The van der Waals surface area contributed by atoms with Crippen molar-refractivity contribution in [2.75, 3.05) is 18.4 Å². The number of nitrogens with one attached hydrogen (secondary N) is 1. The molecule has 6 heteroatoms. The van der Waals surface area contributed by atoms with E-state index in [1.165, 1.54) is 25.0 Å². The molecule has 0 bridgehead atoms. The van der Waals surface area contributed by atoms with Gasteiger partial charge >= 0.3 is 0 Å². The number of hydrogen-bond donors (Lipinski definition) is 1. The van der Waals surface area contributed by atoms with Gasteiger partial charge in [-0.25, -0.2) is 0 Å². The van der Waals surface area contributed by atoms with Gasteiger partial charge in [0.15, 0.2) is 0 Å². The maximum absolute atomic E-state index is 12.4. The molecule has 1 N–H and O–H groups in total. The Hall–Kier alpha value is -2.11. The lowest BCUT2D eigenvalue weighted by atomic mass is 10.2. The number of nitrogens with zero attached hydrogens (tertiary/aromatic N) is 2. The van der Waals surface area contributed by atoms with Crippen LogP contribution in [0.25, 0.3) is 0 Å². The van der Waals surface area contributed by atoms with Crippen LogP contribution in [-0.2, 0) is 4.79 Å². The number of nitro benzene ring substituents is 1. The zero-order chi connectivity index (χ0) is 15.2. The van der Waals surface area contributed by atoms with Gasteiger partial charge in [-0.15, -0.1) is 0 Å². The molecule has 1 atom stereocenters. The van der Waals surface area contributed by atoms with Crippen LogP contribution < -0.4 is 5.32 Å². The zero-order valence-electron chi connectivity index (χ0n) is 12.2. The predicted octanol–water partition coefficient (Wildman–Crippen LogP) is 2.80. The predicted molar refractivity (Wildman–Crippen MR) is 81.2 cm³/mol. The molecule has 2 rings (SSSR count). The number of nitro groups is 1. The van der Waals surface area contributed by atoms with Crippen molar-refractivity contribution < 1.29 is 9.72 Å². The molecule has 1 aromatic rings. The largest absolute Gasteiger partial charge is 0.374 e. The minimum absolute atomic E-state index is 0.0226. The summed E-state index contributed by atoms with van der Waals surface area (Å²) in [5.41, 5.74) is 0.620. The highest BCUT2D eigenvalue weighted by molar-refractivity contribution is 5.84. The molecule has 21 heavy (non-hydrogen) atoms. The standard InChI is InChI=1S/C15H21N3O3/c1-12(15(19)17-9-4-2-3-5-10-17)16-13-7-6-8-14(11-13)18(20)21/h6-8,11-12,16H,2-5,9-10H2,1H3/t12-/m0/s1. The molecule has 1 saturated heterocycles. The van der Waals surface area contributed by atoms with Crippen LogP contribution in [0.1, 0.15) is 32.6 Å². The third-order valence-corrected chi connectivity index (χ3v) is 3.73. The van der Waals surface area contributed by atoms with Gasteiger partial charge in [-0.1, -0.05) is 18.9 Å². The van der Waals surface area contributed by atoms with Crippen LogP contribution in [0.3, 0.4) is 0 Å². The molecule has 114 valence electrons. The first-order valence-electron chi connectivity index (χ1n) is 7.38. The zero-order valence-corrected chi connectivity index (χ0v) is 12.2. The smallest absolute Gasteiger partial charge is 0.271 e. The number of hydrogen-bond acceptors (Lipinski definition) is 4. The van der Waals surface area contributed by atoms with E-state index in [0.29, 0.717) is 5.69 Å². The monoisotopic (exact) mass is 291 g/mol. The Balaban J connectivity index is 1.99. The first-order valence-corrected chi connectivity index (χ1v) is 7.38. The van der Waals surface area contributed by atoms with Gasteiger partial charge in [0, 0.05) is 30.9 Å². The van der Waals surface area contributed by atoms with E-state index >= 15 is 0 Å². The van der Waals surface area contributed by atoms with E-state index in [2.05, 4.69) is 5.32 Å². The van der Waals surface area contributed by atoms with Gasteiger partial charge in [0.1, 0.15) is 6.04 Å². The van der Waals surface area contributed by atoms with Crippen LogP contribution in [0, 0.1) is 10.1 Å². The van der Waals surface area contributed by atoms with Crippen molar-refractivity contribution in [2.45, 2.75) is 38.6 Å². The number of anilines is 1. The molecular formula is C15H21N3O3. The molecule has 0 radical (unpaired) electrons. The van der Waals surface area contributed by atoms with Crippen LogP contribution in [0.4, 0.5) is 11.4 Å². The van der Waals surface area contributed by atoms with Crippen molar-refractivity contribution in [3.8, 4) is 0 Å². The highest BCUT2D eigenvalue weighted by Gasteiger charge is 2.21. The third kappa shape index (κ3) is 4.18. The second-order valence-electron chi connectivity index (χ2n) is 5.41. The molecule has 1 aromatic carbocycles. The topological polar surface area (TPSA) is 75.5 Å². The number of carbonyl (C=O) groups excluding carboxylic acids is 1. The average Bonchev–Trinajstić information content (AvgIpc) is 2.75. The van der Waals surface area contributed by atoms with Crippen LogP contribution in [0.2, 0.25) is 0 Å². The Labute approximate surface area is 124 Å². The van der Waals surface area contributed by atoms with E-state index in [4.69, 9.17) is 0 Å². The van der Waals surface area contributed by atoms with Crippen molar-refractivity contribution >= 4 is 17.3 Å². The lowest BCUT2D eigenvalue weighted by Crippen LogP contribution is -2.41. The molecule has 0 aliphatic carbocycles. The van der Waals surface area contributed by atoms with Gasteiger partial charge in [-0.05, 0) is 25.8 Å². The van der Waals surface area contributed by atoms with E-state index in [-0.39, 0.29) is 17.6 Å². The second kappa shape index (κ2) is 7.06. The molecular weight excluding hydrogens is 270 g/mol. The maximum atomic E-state index is 12.4. The first-order chi connectivity index (χ1) is 10.1. The molecule has 1 heterocycles. The summed E-state index contributed by atoms with van der Waals surface area (Å²) in [4.78, 5) is 24.6. The van der Waals surface area contributed by atoms with Gasteiger partial charge in [0.25, 0.3) is 5.69 Å². The molecule has 1 aliphatic heterocycles. The fraction of sp³-hybridized carbons (Fsp3) is 0.533. The normalized spacial score (nSPS) is 16.9. The van der Waals surface area contributed by atoms with Gasteiger partial charge < -0.3 is 10.2 Å². The summed E-state index contributed by atoms with van der Waals surface area (Å²) in [6, 6.07) is 5.85. The van der Waals surface area contributed by atoms with Crippen LogP contribution in [-0.4, -0.2) is 34.9 Å². The Bertz CT molecular complexity index is 511. The molecule has 0 saturated carbocycles. The number of rotatable bonds is 4. The summed E-state index contributed by atoms with van der Waals surface area (Å²) < 4.78 is 0. The summed E-state index contributed by atoms with van der Waals surface area (Å²) in [5.74, 6) is 0.0587. The minimum Gasteiger partial charge on any atom is -0.374 e. The van der Waals surface area contributed by atoms with E-state index < -0.39 is 4.92 Å². The molecule has 1 aliphatic rings. The van der Waals surface area contributed by atoms with Crippen molar-refractivity contribution in [3.05, 3.63) is 34.4 Å². The van der Waals surface area contributed by atoms with E-state index in [1.54, 1.807) is 19.1 Å². The SMILES string of the molecule is C[C@H](Nc1cccc([N+](=O)[O-])c1)C(=O)N1CCCCCC1. The van der Waals surface area contributed by atoms with Crippen LogP contribution >= 0.6 is 0 Å². The lowest BCUT2D eigenvalue weighted by Gasteiger charge is -2.25. The lowest BCUT2D eigenvalue weighted by molar-refractivity contribution is -0.384. The fourth-order valence-electron chi connectivity index (χ4n) is 2.59. The fourth-order valence-corrected chi connectivity index (χ4v) is 2.59. The molecule has 0 unspecified atom stereocenters. The van der Waals surface area contributed by atoms with E-state index in [1.807, 2.05) is 4.90 Å². The highest BCUT2D eigenvalue weighted by atomic mass is 16.6. The number of carbonyl (C=O) groups is 1. The Morgan fingerprint density at radius 3 is 2.57 bits per heavy atom. The highest BCUT2D eigenvalue weighted by Crippen LogP contribution is 2.18. The average molecular weight is 291 g/mol. The molecule has 6 nitrogen and oxygen atoms in total. The Kier molecular flexibility index (Phi) is 5.14. The van der Waals surface area contributed by atoms with Gasteiger partial charge in [0.2, 0.25) is 5.91 Å². The van der Waals surface area contributed by atoms with Crippen molar-refractivity contribution in [2.24, 2.45) is 0 Å². The second-order valence-corrected chi connectivity index (χ2v) is 5.41. The molecule has 1 amide bonds. The van der Waals surface area contributed by atoms with Gasteiger partial charge in [-0.2, -0.15) is 0 Å². The summed E-state index contributed by atoms with van der Waals surface area (Å²) in [5, 5.41) is 13.8. The number of amides is 1. The maximum Gasteiger partial charge on any atom is 0.271 e. The Morgan fingerprint density at radius 2 is 1.95 bits per heavy atom. The van der Waals surface area contributed by atoms with Gasteiger partial charge in [0.05, 0.1) is 4.92 Å². The summed E-state index contributed by atoms with van der Waals surface area (Å²) in [6.07, 6.45) is 4.46. The van der Waals surface area contributed by atoms with Crippen molar-refractivity contribution in [1.82, 2.24) is 4.90 Å². The van der Waals surface area contributed by atoms with Crippen molar-refractivity contribution in [3.63, 3.8) is 0 Å². The summed E-state index contributed by atoms with van der Waals surface area (Å²) in [6.45, 7) is 3.41. The number of likely N-dealkylation sites (tertiary alicyclic amines) is 1. The molecule has 0 spiro atoms. The molecule has 1 fully saturated rings. The van der Waals surface area contributed by atoms with Gasteiger partial charge in [-0.3, -0.25) is 14.9 Å². The van der Waals surface area contributed by atoms with Crippen LogP contribution in [0.15, 0.2) is 24.3 Å². The number of benzene rings is 1. The Morgan fingerprint density at radius 1 is 1.29 bits per heavy atom. The summed E-state index contributed by atoms with van der Waals surface area (Å²) >= 11 is 0. The summed E-state index contributed by atoms with van der Waals surface area (Å²) in [7, 11) is 0. The first kappa shape index (κ1) is 15.3. The molecule has 0 aromatic heterocycles. The van der Waals surface area contributed by atoms with Crippen LogP contribution in [0.5, 0.6) is 0 Å². The van der Waals surface area contributed by atoms with Crippen molar-refractivity contribution in [1.29, 1.82) is 0 Å². The minimum atomic E-state index is -0.438. The third-order valence-electron chi connectivity index (χ3n) is 3.73. The van der Waals surface area contributed by atoms with E-state index in [0.717, 1.165) is 25.9 Å². The number of non-ortho nitro benzene ring substituents is 1.